The highest BCUT2D eigenvalue weighted by molar-refractivity contribution is 5.96. The Morgan fingerprint density at radius 2 is 2.10 bits per heavy atom. The van der Waals surface area contributed by atoms with E-state index in [4.69, 9.17) is 4.74 Å². The van der Waals surface area contributed by atoms with Crippen LogP contribution in [0.4, 0.5) is 5.69 Å². The standard InChI is InChI=1S/C17H26N2O2/c1-4-18-15-5-6-16(13(2)11-15)17(20)19-9-7-14(8-10-19)12-21-3/h5-6,11,14,18H,4,7-10,12H2,1-3H3. The number of anilines is 1. The lowest BCUT2D eigenvalue weighted by atomic mass is 9.96. The molecule has 0 aromatic heterocycles. The van der Waals surface area contributed by atoms with Gasteiger partial charge in [0.25, 0.3) is 5.91 Å². The van der Waals surface area contributed by atoms with E-state index in [0.717, 1.165) is 55.9 Å². The number of nitrogens with zero attached hydrogens (tertiary/aromatic N) is 1. The van der Waals surface area contributed by atoms with E-state index in [1.165, 1.54) is 0 Å². The highest BCUT2D eigenvalue weighted by atomic mass is 16.5. The number of methoxy groups -OCH3 is 1. The number of piperidine rings is 1. The monoisotopic (exact) mass is 290 g/mol. The molecule has 4 heteroatoms. The van der Waals surface area contributed by atoms with Crippen LogP contribution in [-0.2, 0) is 4.74 Å². The summed E-state index contributed by atoms with van der Waals surface area (Å²) in [4.78, 5) is 14.6. The SMILES string of the molecule is CCNc1ccc(C(=O)N2CCC(COC)CC2)c(C)c1. The molecular formula is C17H26N2O2. The number of aryl methyl sites for hydroxylation is 1. The molecule has 0 unspecified atom stereocenters. The van der Waals surface area contributed by atoms with Gasteiger partial charge in [0.15, 0.2) is 0 Å². The van der Waals surface area contributed by atoms with E-state index < -0.39 is 0 Å². The Labute approximate surface area is 127 Å². The molecule has 0 bridgehead atoms. The Morgan fingerprint density at radius 1 is 1.38 bits per heavy atom. The van der Waals surface area contributed by atoms with Crippen LogP contribution >= 0.6 is 0 Å². The van der Waals surface area contributed by atoms with Crippen LogP contribution in [0.5, 0.6) is 0 Å². The van der Waals surface area contributed by atoms with Crippen molar-refractivity contribution in [1.29, 1.82) is 0 Å². The summed E-state index contributed by atoms with van der Waals surface area (Å²) in [5.41, 5.74) is 2.93. The van der Waals surface area contributed by atoms with Gasteiger partial charge in [-0.15, -0.1) is 0 Å². The largest absolute Gasteiger partial charge is 0.385 e. The van der Waals surface area contributed by atoms with E-state index in [9.17, 15) is 4.79 Å². The van der Waals surface area contributed by atoms with Crippen molar-refractivity contribution < 1.29 is 9.53 Å². The van der Waals surface area contributed by atoms with E-state index in [1.807, 2.05) is 24.0 Å². The van der Waals surface area contributed by atoms with Crippen LogP contribution in [0.1, 0.15) is 35.7 Å². The van der Waals surface area contributed by atoms with Gasteiger partial charge in [-0.05, 0) is 56.4 Å². The third kappa shape index (κ3) is 3.97. The fraction of sp³-hybridized carbons (Fsp3) is 0.588. The van der Waals surface area contributed by atoms with Crippen molar-refractivity contribution in [1.82, 2.24) is 4.90 Å². The molecule has 0 radical (unpaired) electrons. The Bertz CT molecular complexity index is 480. The van der Waals surface area contributed by atoms with Gasteiger partial charge in [-0.1, -0.05) is 0 Å². The molecule has 1 aliphatic heterocycles. The topological polar surface area (TPSA) is 41.6 Å². The number of carbonyl (C=O) groups is 1. The minimum atomic E-state index is 0.159. The molecule has 1 aliphatic rings. The van der Waals surface area contributed by atoms with Crippen LogP contribution in [0.2, 0.25) is 0 Å². The van der Waals surface area contributed by atoms with E-state index in [0.29, 0.717) is 5.92 Å². The molecule has 0 aliphatic carbocycles. The summed E-state index contributed by atoms with van der Waals surface area (Å²) in [7, 11) is 1.74. The van der Waals surface area contributed by atoms with Crippen LogP contribution in [0, 0.1) is 12.8 Å². The van der Waals surface area contributed by atoms with E-state index in [2.05, 4.69) is 18.3 Å². The summed E-state index contributed by atoms with van der Waals surface area (Å²) >= 11 is 0. The van der Waals surface area contributed by atoms with Gasteiger partial charge in [0.2, 0.25) is 0 Å². The number of amides is 1. The van der Waals surface area contributed by atoms with Gasteiger partial charge in [-0.2, -0.15) is 0 Å². The average Bonchev–Trinajstić information content (AvgIpc) is 2.48. The molecule has 0 spiro atoms. The lowest BCUT2D eigenvalue weighted by Gasteiger charge is -2.32. The number of rotatable bonds is 5. The van der Waals surface area contributed by atoms with Crippen molar-refractivity contribution in [2.45, 2.75) is 26.7 Å². The van der Waals surface area contributed by atoms with Crippen LogP contribution in [0.3, 0.4) is 0 Å². The highest BCUT2D eigenvalue weighted by Crippen LogP contribution is 2.22. The third-order valence-electron chi connectivity index (χ3n) is 4.14. The Morgan fingerprint density at radius 3 is 2.67 bits per heavy atom. The number of likely N-dealkylation sites (tertiary alicyclic amines) is 1. The molecule has 1 saturated heterocycles. The van der Waals surface area contributed by atoms with Crippen molar-refractivity contribution in [3.05, 3.63) is 29.3 Å². The minimum absolute atomic E-state index is 0.159. The summed E-state index contributed by atoms with van der Waals surface area (Å²) in [5.74, 6) is 0.752. The normalized spacial score (nSPS) is 16.0. The molecule has 21 heavy (non-hydrogen) atoms. The minimum Gasteiger partial charge on any atom is -0.385 e. The number of hydrogen-bond acceptors (Lipinski definition) is 3. The third-order valence-corrected chi connectivity index (χ3v) is 4.14. The summed E-state index contributed by atoms with van der Waals surface area (Å²) in [5, 5.41) is 3.28. The molecule has 1 heterocycles. The first-order chi connectivity index (χ1) is 10.2. The van der Waals surface area contributed by atoms with Crippen molar-refractivity contribution in [3.63, 3.8) is 0 Å². The molecule has 1 fully saturated rings. The van der Waals surface area contributed by atoms with Crippen LogP contribution in [-0.4, -0.2) is 44.2 Å². The zero-order valence-corrected chi connectivity index (χ0v) is 13.3. The van der Waals surface area contributed by atoms with Crippen LogP contribution in [0.25, 0.3) is 0 Å². The van der Waals surface area contributed by atoms with Gasteiger partial charge < -0.3 is 15.0 Å². The second-order valence-corrected chi connectivity index (χ2v) is 5.75. The van der Waals surface area contributed by atoms with Gasteiger partial charge in [0.1, 0.15) is 0 Å². The van der Waals surface area contributed by atoms with Crippen LogP contribution in [0.15, 0.2) is 18.2 Å². The maximum absolute atomic E-state index is 12.6. The first-order valence-corrected chi connectivity index (χ1v) is 7.78. The number of hydrogen-bond donors (Lipinski definition) is 1. The molecule has 1 N–H and O–H groups in total. The number of nitrogens with one attached hydrogen (secondary N) is 1. The van der Waals surface area contributed by atoms with E-state index in [-0.39, 0.29) is 5.91 Å². The highest BCUT2D eigenvalue weighted by Gasteiger charge is 2.24. The summed E-state index contributed by atoms with van der Waals surface area (Å²) in [6.07, 6.45) is 2.07. The molecule has 1 aromatic carbocycles. The van der Waals surface area contributed by atoms with E-state index >= 15 is 0 Å². The molecule has 116 valence electrons. The molecule has 4 nitrogen and oxygen atoms in total. The molecule has 0 atom stereocenters. The van der Waals surface area contributed by atoms with Crippen LogP contribution < -0.4 is 5.32 Å². The molecule has 0 saturated carbocycles. The predicted molar refractivity (Wildman–Crippen MR) is 85.8 cm³/mol. The number of benzene rings is 1. The quantitative estimate of drug-likeness (QED) is 0.906. The van der Waals surface area contributed by atoms with E-state index in [1.54, 1.807) is 7.11 Å². The van der Waals surface area contributed by atoms with Gasteiger partial charge in [0.05, 0.1) is 0 Å². The zero-order chi connectivity index (χ0) is 15.2. The molecule has 1 amide bonds. The molecule has 1 aromatic rings. The summed E-state index contributed by atoms with van der Waals surface area (Å²) in [6, 6.07) is 5.98. The maximum atomic E-state index is 12.6. The van der Waals surface area contributed by atoms with Gasteiger partial charge >= 0.3 is 0 Å². The smallest absolute Gasteiger partial charge is 0.254 e. The Hall–Kier alpha value is -1.55. The van der Waals surface area contributed by atoms with Crippen molar-refractivity contribution in [2.24, 2.45) is 5.92 Å². The average molecular weight is 290 g/mol. The van der Waals surface area contributed by atoms with Gasteiger partial charge in [-0.25, -0.2) is 0 Å². The number of ether oxygens (including phenoxy) is 1. The maximum Gasteiger partial charge on any atom is 0.254 e. The van der Waals surface area contributed by atoms with Gasteiger partial charge in [0, 0.05) is 44.6 Å². The summed E-state index contributed by atoms with van der Waals surface area (Å²) < 4.78 is 5.21. The fourth-order valence-corrected chi connectivity index (χ4v) is 2.93. The second-order valence-electron chi connectivity index (χ2n) is 5.75. The predicted octanol–water partition coefficient (Wildman–Crippen LogP) is 2.93. The second kappa shape index (κ2) is 7.46. The molecule has 2 rings (SSSR count). The lowest BCUT2D eigenvalue weighted by molar-refractivity contribution is 0.0613. The van der Waals surface area contributed by atoms with Crippen molar-refractivity contribution in [2.75, 3.05) is 38.7 Å². The first kappa shape index (κ1) is 15.8. The van der Waals surface area contributed by atoms with Crippen molar-refractivity contribution in [3.8, 4) is 0 Å². The lowest BCUT2D eigenvalue weighted by Crippen LogP contribution is -2.39. The molecular weight excluding hydrogens is 264 g/mol. The zero-order valence-electron chi connectivity index (χ0n) is 13.3. The first-order valence-electron chi connectivity index (χ1n) is 7.78. The Balaban J connectivity index is 2.00. The summed E-state index contributed by atoms with van der Waals surface area (Å²) in [6.45, 7) is 7.44. The van der Waals surface area contributed by atoms with Crippen molar-refractivity contribution >= 4 is 11.6 Å². The Kier molecular flexibility index (Phi) is 5.62. The number of carbonyl (C=O) groups excluding carboxylic acids is 1. The van der Waals surface area contributed by atoms with Gasteiger partial charge in [-0.3, -0.25) is 4.79 Å². The fourth-order valence-electron chi connectivity index (χ4n) is 2.93.